The summed E-state index contributed by atoms with van der Waals surface area (Å²) in [7, 11) is 0. The number of hydrogen-bond acceptors (Lipinski definition) is 2. The van der Waals surface area contributed by atoms with E-state index in [2.05, 4.69) is 10.3 Å². The van der Waals surface area contributed by atoms with E-state index in [4.69, 9.17) is 0 Å². The van der Waals surface area contributed by atoms with Gasteiger partial charge in [-0.2, -0.15) is 13.2 Å². The SMILES string of the molecule is Cc1ccc2nc(C(F)(F)F)c(C(=O)NCc3ccc(-c4ccccc4)cc3)n2c1. The van der Waals surface area contributed by atoms with Crippen molar-refractivity contribution in [3.8, 4) is 11.1 Å². The minimum Gasteiger partial charge on any atom is -0.347 e. The van der Waals surface area contributed by atoms with E-state index in [0.717, 1.165) is 22.3 Å². The van der Waals surface area contributed by atoms with E-state index in [1.54, 1.807) is 13.0 Å². The molecule has 1 amide bonds. The van der Waals surface area contributed by atoms with Gasteiger partial charge in [0.05, 0.1) is 0 Å². The van der Waals surface area contributed by atoms with Crippen LogP contribution in [0.5, 0.6) is 0 Å². The molecule has 0 radical (unpaired) electrons. The first kappa shape index (κ1) is 19.7. The lowest BCUT2D eigenvalue weighted by Gasteiger charge is -2.10. The number of aromatic nitrogens is 2. The molecule has 2 heterocycles. The van der Waals surface area contributed by atoms with Gasteiger partial charge in [0, 0.05) is 12.7 Å². The van der Waals surface area contributed by atoms with Crippen molar-refractivity contribution in [2.75, 3.05) is 0 Å². The third-order valence-electron chi connectivity index (χ3n) is 4.76. The van der Waals surface area contributed by atoms with Gasteiger partial charge in [-0.25, -0.2) is 4.98 Å². The third kappa shape index (κ3) is 3.91. The molecule has 0 saturated heterocycles. The standard InChI is InChI=1S/C23H18F3N3O/c1-15-7-12-19-28-21(23(24,25)26)20(29(19)14-15)22(30)27-13-16-8-10-18(11-9-16)17-5-3-2-4-6-17/h2-12,14H,13H2,1H3,(H,27,30). The highest BCUT2D eigenvalue weighted by Gasteiger charge is 2.40. The molecule has 0 atom stereocenters. The van der Waals surface area contributed by atoms with Crippen molar-refractivity contribution >= 4 is 11.6 Å². The summed E-state index contributed by atoms with van der Waals surface area (Å²) in [6, 6.07) is 20.4. The fourth-order valence-electron chi connectivity index (χ4n) is 3.28. The Balaban J connectivity index is 1.57. The monoisotopic (exact) mass is 409 g/mol. The Labute approximate surface area is 171 Å². The summed E-state index contributed by atoms with van der Waals surface area (Å²) in [5.41, 5.74) is 1.95. The minimum absolute atomic E-state index is 0.0743. The summed E-state index contributed by atoms with van der Waals surface area (Å²) in [6.07, 6.45) is -3.26. The fourth-order valence-corrected chi connectivity index (χ4v) is 3.28. The summed E-state index contributed by atoms with van der Waals surface area (Å²) in [4.78, 5) is 16.3. The number of carbonyl (C=O) groups is 1. The summed E-state index contributed by atoms with van der Waals surface area (Å²) in [5.74, 6) is -0.826. The molecule has 30 heavy (non-hydrogen) atoms. The number of hydrogen-bond donors (Lipinski definition) is 1. The Kier molecular flexibility index (Phi) is 5.03. The van der Waals surface area contributed by atoms with Crippen LogP contribution in [0.3, 0.4) is 0 Å². The van der Waals surface area contributed by atoms with Crippen LogP contribution in [0.2, 0.25) is 0 Å². The molecule has 0 aliphatic rings. The van der Waals surface area contributed by atoms with Crippen molar-refractivity contribution in [2.45, 2.75) is 19.6 Å². The first-order chi connectivity index (χ1) is 14.3. The van der Waals surface area contributed by atoms with Gasteiger partial charge < -0.3 is 5.32 Å². The lowest BCUT2D eigenvalue weighted by molar-refractivity contribution is -0.141. The maximum absolute atomic E-state index is 13.5. The molecule has 0 saturated carbocycles. The van der Waals surface area contributed by atoms with Crippen LogP contribution in [-0.4, -0.2) is 15.3 Å². The van der Waals surface area contributed by atoms with Gasteiger partial charge in [0.2, 0.25) is 0 Å². The average molecular weight is 409 g/mol. The second-order valence-corrected chi connectivity index (χ2v) is 6.99. The molecular weight excluding hydrogens is 391 g/mol. The number of rotatable bonds is 4. The van der Waals surface area contributed by atoms with Gasteiger partial charge in [-0.15, -0.1) is 0 Å². The second kappa shape index (κ2) is 7.67. The highest BCUT2D eigenvalue weighted by Crippen LogP contribution is 2.32. The number of fused-ring (bicyclic) bond motifs is 1. The number of benzene rings is 2. The van der Waals surface area contributed by atoms with Crippen LogP contribution < -0.4 is 5.32 Å². The van der Waals surface area contributed by atoms with Crippen LogP contribution in [0.4, 0.5) is 13.2 Å². The molecule has 4 nitrogen and oxygen atoms in total. The van der Waals surface area contributed by atoms with Crippen LogP contribution in [0, 0.1) is 6.92 Å². The molecule has 0 unspecified atom stereocenters. The Bertz CT molecular complexity index is 1200. The Morgan fingerprint density at radius 1 is 0.967 bits per heavy atom. The summed E-state index contributed by atoms with van der Waals surface area (Å²) < 4.78 is 41.6. The summed E-state index contributed by atoms with van der Waals surface area (Å²) in [6.45, 7) is 1.84. The minimum atomic E-state index is -4.73. The first-order valence-electron chi connectivity index (χ1n) is 9.31. The highest BCUT2D eigenvalue weighted by atomic mass is 19.4. The number of carbonyl (C=O) groups excluding carboxylic acids is 1. The van der Waals surface area contributed by atoms with Crippen LogP contribution in [-0.2, 0) is 12.7 Å². The Morgan fingerprint density at radius 3 is 2.30 bits per heavy atom. The highest BCUT2D eigenvalue weighted by molar-refractivity contribution is 5.95. The van der Waals surface area contributed by atoms with E-state index in [1.165, 1.54) is 16.7 Å². The lowest BCUT2D eigenvalue weighted by atomic mass is 10.0. The molecule has 0 aliphatic heterocycles. The maximum Gasteiger partial charge on any atom is 0.435 e. The number of pyridine rings is 1. The molecule has 0 spiro atoms. The zero-order valence-corrected chi connectivity index (χ0v) is 16.1. The van der Waals surface area contributed by atoms with Gasteiger partial charge in [0.1, 0.15) is 11.3 Å². The molecule has 0 fully saturated rings. The summed E-state index contributed by atoms with van der Waals surface area (Å²) in [5, 5.41) is 2.58. The van der Waals surface area contributed by atoms with Gasteiger partial charge in [-0.3, -0.25) is 9.20 Å². The Hall–Kier alpha value is -3.61. The molecule has 0 aliphatic carbocycles. The smallest absolute Gasteiger partial charge is 0.347 e. The van der Waals surface area contributed by atoms with Crippen LogP contribution >= 0.6 is 0 Å². The van der Waals surface area contributed by atoms with Gasteiger partial charge in [0.25, 0.3) is 5.91 Å². The molecule has 1 N–H and O–H groups in total. The normalized spacial score (nSPS) is 11.6. The molecule has 4 rings (SSSR count). The van der Waals surface area contributed by atoms with Crippen molar-refractivity contribution < 1.29 is 18.0 Å². The Morgan fingerprint density at radius 2 is 1.63 bits per heavy atom. The molecule has 7 heteroatoms. The van der Waals surface area contributed by atoms with E-state index in [0.29, 0.717) is 0 Å². The number of alkyl halides is 3. The zero-order valence-electron chi connectivity index (χ0n) is 16.1. The van der Waals surface area contributed by atoms with Crippen LogP contribution in [0.15, 0.2) is 72.9 Å². The van der Waals surface area contributed by atoms with Crippen LogP contribution in [0.1, 0.15) is 27.3 Å². The topological polar surface area (TPSA) is 46.4 Å². The fraction of sp³-hybridized carbons (Fsp3) is 0.130. The van der Waals surface area contributed by atoms with Crippen molar-refractivity contribution in [3.63, 3.8) is 0 Å². The van der Waals surface area contributed by atoms with Crippen LogP contribution in [0.25, 0.3) is 16.8 Å². The van der Waals surface area contributed by atoms with Crippen molar-refractivity contribution in [2.24, 2.45) is 0 Å². The number of aryl methyl sites for hydroxylation is 1. The first-order valence-corrected chi connectivity index (χ1v) is 9.31. The number of imidazole rings is 1. The molecule has 2 aromatic carbocycles. The maximum atomic E-state index is 13.5. The average Bonchev–Trinajstić information content (AvgIpc) is 3.12. The van der Waals surface area contributed by atoms with Crippen molar-refractivity contribution in [1.29, 1.82) is 0 Å². The number of amides is 1. The molecule has 0 bridgehead atoms. The quantitative estimate of drug-likeness (QED) is 0.500. The third-order valence-corrected chi connectivity index (χ3v) is 4.76. The molecule has 4 aromatic rings. The predicted molar refractivity (Wildman–Crippen MR) is 108 cm³/mol. The second-order valence-electron chi connectivity index (χ2n) is 6.99. The molecule has 2 aromatic heterocycles. The zero-order chi connectivity index (χ0) is 21.3. The van der Waals surface area contributed by atoms with Crippen molar-refractivity contribution in [1.82, 2.24) is 14.7 Å². The molecular formula is C23H18F3N3O. The van der Waals surface area contributed by atoms with Gasteiger partial charge in [0.15, 0.2) is 5.69 Å². The van der Waals surface area contributed by atoms with E-state index in [1.807, 2.05) is 54.6 Å². The number of halogens is 3. The number of nitrogens with zero attached hydrogens (tertiary/aromatic N) is 2. The predicted octanol–water partition coefficient (Wildman–Crippen LogP) is 5.26. The van der Waals surface area contributed by atoms with Gasteiger partial charge in [-0.1, -0.05) is 60.7 Å². The van der Waals surface area contributed by atoms with Crippen molar-refractivity contribution in [3.05, 3.63) is 95.4 Å². The largest absolute Gasteiger partial charge is 0.435 e. The number of nitrogens with one attached hydrogen (secondary N) is 1. The lowest BCUT2D eigenvalue weighted by Crippen LogP contribution is -2.27. The van der Waals surface area contributed by atoms with Gasteiger partial charge >= 0.3 is 6.18 Å². The van der Waals surface area contributed by atoms with E-state index in [-0.39, 0.29) is 12.2 Å². The van der Waals surface area contributed by atoms with Gasteiger partial charge in [-0.05, 0) is 35.2 Å². The van der Waals surface area contributed by atoms with E-state index < -0.39 is 23.5 Å². The van der Waals surface area contributed by atoms with E-state index in [9.17, 15) is 18.0 Å². The summed E-state index contributed by atoms with van der Waals surface area (Å²) >= 11 is 0. The van der Waals surface area contributed by atoms with E-state index >= 15 is 0 Å². The molecule has 152 valence electrons.